The number of carbonyl (C=O) groups excluding carboxylic acids is 2. The Balaban J connectivity index is 2.72. The summed E-state index contributed by atoms with van der Waals surface area (Å²) in [5, 5.41) is 12.0. The van der Waals surface area contributed by atoms with Gasteiger partial charge in [0.05, 0.1) is 6.61 Å². The fourth-order valence-corrected chi connectivity index (χ4v) is 2.02. The monoisotopic (exact) mass is 293 g/mol. The molecule has 2 N–H and O–H groups in total. The third-order valence-electron chi connectivity index (χ3n) is 3.03. The van der Waals surface area contributed by atoms with Gasteiger partial charge in [-0.2, -0.15) is 0 Å². The maximum atomic E-state index is 12.4. The van der Waals surface area contributed by atoms with Gasteiger partial charge in [0, 0.05) is 31.0 Å². The van der Waals surface area contributed by atoms with E-state index in [4.69, 9.17) is 0 Å². The Morgan fingerprint density at radius 2 is 1.81 bits per heavy atom. The Kier molecular flexibility index (Phi) is 7.39. The van der Waals surface area contributed by atoms with Crippen molar-refractivity contribution in [3.05, 3.63) is 30.1 Å². The Morgan fingerprint density at radius 3 is 2.29 bits per heavy atom. The van der Waals surface area contributed by atoms with E-state index in [-0.39, 0.29) is 5.91 Å². The van der Waals surface area contributed by atoms with Gasteiger partial charge in [0.1, 0.15) is 6.04 Å². The Morgan fingerprint density at radius 1 is 1.24 bits per heavy atom. The van der Waals surface area contributed by atoms with Crippen molar-refractivity contribution < 1.29 is 14.7 Å². The second-order valence-corrected chi connectivity index (χ2v) is 4.77. The van der Waals surface area contributed by atoms with Crippen LogP contribution in [0.1, 0.15) is 37.0 Å². The summed E-state index contributed by atoms with van der Waals surface area (Å²) in [6, 6.07) is 2.21. The van der Waals surface area contributed by atoms with Gasteiger partial charge in [0.25, 0.3) is 5.91 Å². The molecule has 0 saturated heterocycles. The lowest BCUT2D eigenvalue weighted by atomic mass is 10.2. The van der Waals surface area contributed by atoms with Crippen LogP contribution >= 0.6 is 0 Å². The second-order valence-electron chi connectivity index (χ2n) is 4.77. The Hall–Kier alpha value is -1.95. The Labute approximate surface area is 125 Å². The van der Waals surface area contributed by atoms with E-state index in [1.807, 2.05) is 13.8 Å². The average molecular weight is 293 g/mol. The van der Waals surface area contributed by atoms with Gasteiger partial charge in [0.2, 0.25) is 5.91 Å². The molecule has 6 heteroatoms. The summed E-state index contributed by atoms with van der Waals surface area (Å²) in [6.45, 7) is 4.79. The molecular weight excluding hydrogens is 270 g/mol. The number of aromatic nitrogens is 1. The summed E-state index contributed by atoms with van der Waals surface area (Å²) in [5.41, 5.74) is 0.411. The van der Waals surface area contributed by atoms with Crippen LogP contribution in [0.15, 0.2) is 24.5 Å². The predicted molar refractivity (Wildman–Crippen MR) is 79.7 cm³/mol. The zero-order chi connectivity index (χ0) is 15.7. The van der Waals surface area contributed by atoms with Crippen LogP contribution in [-0.4, -0.2) is 52.5 Å². The summed E-state index contributed by atoms with van der Waals surface area (Å²) in [5.74, 6) is -0.638. The van der Waals surface area contributed by atoms with Crippen molar-refractivity contribution in [3.63, 3.8) is 0 Å². The highest BCUT2D eigenvalue weighted by Gasteiger charge is 2.24. The number of hydrogen-bond donors (Lipinski definition) is 2. The first-order valence-electron chi connectivity index (χ1n) is 7.24. The van der Waals surface area contributed by atoms with Crippen LogP contribution in [0.2, 0.25) is 0 Å². The molecule has 2 amide bonds. The summed E-state index contributed by atoms with van der Waals surface area (Å²) < 4.78 is 0. The zero-order valence-electron chi connectivity index (χ0n) is 12.6. The molecule has 1 aromatic heterocycles. The van der Waals surface area contributed by atoms with E-state index in [1.165, 1.54) is 12.4 Å². The van der Waals surface area contributed by atoms with Crippen molar-refractivity contribution in [3.8, 4) is 0 Å². The first-order valence-corrected chi connectivity index (χ1v) is 7.24. The maximum absolute atomic E-state index is 12.4. The molecule has 0 aliphatic carbocycles. The van der Waals surface area contributed by atoms with Gasteiger partial charge in [0.15, 0.2) is 0 Å². The minimum absolute atomic E-state index is 0.247. The van der Waals surface area contributed by atoms with Crippen molar-refractivity contribution in [1.29, 1.82) is 0 Å². The highest BCUT2D eigenvalue weighted by molar-refractivity contribution is 5.97. The molecule has 21 heavy (non-hydrogen) atoms. The van der Waals surface area contributed by atoms with Crippen molar-refractivity contribution >= 4 is 11.8 Å². The van der Waals surface area contributed by atoms with Gasteiger partial charge >= 0.3 is 0 Å². The minimum Gasteiger partial charge on any atom is -0.394 e. The lowest BCUT2D eigenvalue weighted by molar-refractivity contribution is -0.134. The molecular formula is C15H23N3O3. The number of pyridine rings is 1. The number of hydrogen-bond acceptors (Lipinski definition) is 4. The van der Waals surface area contributed by atoms with Crippen LogP contribution in [0, 0.1) is 0 Å². The number of nitrogens with one attached hydrogen (secondary N) is 1. The molecule has 0 bridgehead atoms. The van der Waals surface area contributed by atoms with E-state index in [0.29, 0.717) is 18.7 Å². The molecule has 6 nitrogen and oxygen atoms in total. The van der Waals surface area contributed by atoms with Gasteiger partial charge in [-0.1, -0.05) is 13.8 Å². The number of aliphatic hydroxyl groups excluding tert-OH is 1. The molecule has 0 spiro atoms. The standard InChI is InChI=1S/C15H23N3O3/c1-3-9-18(10-4-2)15(21)13(11-19)17-14(20)12-5-7-16-8-6-12/h5-8,13,19H,3-4,9-11H2,1-2H3,(H,17,20)/t13-/m0/s1. The van der Waals surface area contributed by atoms with Gasteiger partial charge in [-0.05, 0) is 25.0 Å². The lowest BCUT2D eigenvalue weighted by Crippen LogP contribution is -2.51. The maximum Gasteiger partial charge on any atom is 0.252 e. The van der Waals surface area contributed by atoms with Crippen molar-refractivity contribution in [2.45, 2.75) is 32.7 Å². The minimum atomic E-state index is -0.913. The molecule has 1 aromatic rings. The van der Waals surface area contributed by atoms with Crippen LogP contribution in [-0.2, 0) is 4.79 Å². The number of aliphatic hydroxyl groups is 1. The predicted octanol–water partition coefficient (Wildman–Crippen LogP) is 0.821. The normalized spacial score (nSPS) is 11.8. The van der Waals surface area contributed by atoms with Gasteiger partial charge < -0.3 is 15.3 Å². The average Bonchev–Trinajstić information content (AvgIpc) is 2.52. The molecule has 1 atom stereocenters. The Bertz CT molecular complexity index is 445. The van der Waals surface area contributed by atoms with Crippen molar-refractivity contribution in [2.24, 2.45) is 0 Å². The first kappa shape index (κ1) is 17.1. The SMILES string of the molecule is CCCN(CCC)C(=O)[C@H](CO)NC(=O)c1ccncc1. The van der Waals surface area contributed by atoms with Crippen molar-refractivity contribution in [1.82, 2.24) is 15.2 Å². The van der Waals surface area contributed by atoms with E-state index in [2.05, 4.69) is 10.3 Å². The van der Waals surface area contributed by atoms with Crippen LogP contribution in [0.5, 0.6) is 0 Å². The van der Waals surface area contributed by atoms with E-state index in [1.54, 1.807) is 17.0 Å². The van der Waals surface area contributed by atoms with Crippen LogP contribution < -0.4 is 5.32 Å². The highest BCUT2D eigenvalue weighted by atomic mass is 16.3. The first-order chi connectivity index (χ1) is 10.1. The summed E-state index contributed by atoms with van der Waals surface area (Å²) in [4.78, 5) is 29.9. The van der Waals surface area contributed by atoms with Gasteiger partial charge in [-0.15, -0.1) is 0 Å². The molecule has 0 saturated carbocycles. The fraction of sp³-hybridized carbons (Fsp3) is 0.533. The van der Waals surface area contributed by atoms with E-state index in [9.17, 15) is 14.7 Å². The third kappa shape index (κ3) is 5.15. The molecule has 0 aliphatic heterocycles. The topological polar surface area (TPSA) is 82.5 Å². The molecule has 0 unspecified atom stereocenters. The zero-order valence-corrected chi connectivity index (χ0v) is 12.6. The van der Waals surface area contributed by atoms with E-state index < -0.39 is 18.6 Å². The molecule has 116 valence electrons. The molecule has 0 aliphatic rings. The van der Waals surface area contributed by atoms with E-state index in [0.717, 1.165) is 12.8 Å². The number of amides is 2. The summed E-state index contributed by atoms with van der Waals surface area (Å²) >= 11 is 0. The highest BCUT2D eigenvalue weighted by Crippen LogP contribution is 2.02. The van der Waals surface area contributed by atoms with E-state index >= 15 is 0 Å². The molecule has 1 rings (SSSR count). The molecule has 0 radical (unpaired) electrons. The lowest BCUT2D eigenvalue weighted by Gasteiger charge is -2.26. The molecule has 0 fully saturated rings. The number of carbonyl (C=O) groups is 2. The molecule has 0 aromatic carbocycles. The number of rotatable bonds is 8. The second kappa shape index (κ2) is 9.07. The third-order valence-corrected chi connectivity index (χ3v) is 3.03. The quantitative estimate of drug-likeness (QED) is 0.743. The van der Waals surface area contributed by atoms with Crippen LogP contribution in [0.3, 0.4) is 0 Å². The summed E-state index contributed by atoms with van der Waals surface area (Å²) in [7, 11) is 0. The molecule has 1 heterocycles. The smallest absolute Gasteiger partial charge is 0.252 e. The van der Waals surface area contributed by atoms with Crippen LogP contribution in [0.4, 0.5) is 0 Å². The van der Waals surface area contributed by atoms with Crippen LogP contribution in [0.25, 0.3) is 0 Å². The fourth-order valence-electron chi connectivity index (χ4n) is 2.02. The summed E-state index contributed by atoms with van der Waals surface area (Å²) in [6.07, 6.45) is 4.68. The van der Waals surface area contributed by atoms with Crippen molar-refractivity contribution in [2.75, 3.05) is 19.7 Å². The van der Waals surface area contributed by atoms with Gasteiger partial charge in [-0.25, -0.2) is 0 Å². The number of nitrogens with zero attached hydrogens (tertiary/aromatic N) is 2. The van der Waals surface area contributed by atoms with Gasteiger partial charge in [-0.3, -0.25) is 14.6 Å². The largest absolute Gasteiger partial charge is 0.394 e.